The van der Waals surface area contributed by atoms with Crippen molar-refractivity contribution in [2.45, 2.75) is 62.0 Å². The van der Waals surface area contributed by atoms with E-state index in [4.69, 9.17) is 14.2 Å². The Morgan fingerprint density at radius 1 is 1.20 bits per heavy atom. The molecule has 2 aliphatic rings. The van der Waals surface area contributed by atoms with Gasteiger partial charge in [0.2, 0.25) is 5.91 Å². The van der Waals surface area contributed by atoms with Gasteiger partial charge in [0.25, 0.3) is 0 Å². The Morgan fingerprint density at radius 2 is 1.84 bits per heavy atom. The molecule has 0 aromatic heterocycles. The lowest BCUT2D eigenvalue weighted by Gasteiger charge is -2.47. The first-order valence-corrected chi connectivity index (χ1v) is 7.91. The van der Waals surface area contributed by atoms with Gasteiger partial charge < -0.3 is 50.2 Å². The molecular weight excluding hydrogens is 342 g/mol. The van der Waals surface area contributed by atoms with Crippen LogP contribution >= 0.6 is 0 Å². The summed E-state index contributed by atoms with van der Waals surface area (Å²) in [5, 5.41) is 61.2. The van der Waals surface area contributed by atoms with E-state index in [1.54, 1.807) is 0 Å². The molecule has 2 fully saturated rings. The SMILES string of the molecule is CC(=O)N[C@]1(O)CO[C@H](CO)[C@@H](O)[C@@H]1OC1C[C@@H](O)[C@@H](O)[C@@H](CO)O1. The standard InChI is InChI=1S/C14H25NO10/c1-6(18)15-14(22)5-23-8(3-16)12(21)13(14)25-10-2-7(19)11(20)9(4-17)24-10/h7-13,16-17,19-22H,2-5H2,1H3,(H,15,18)/t7-,8-,9-,10?,11-,12-,13+,14+/m1/s1. The average Bonchev–Trinajstić information content (AvgIpc) is 2.54. The van der Waals surface area contributed by atoms with E-state index in [0.717, 1.165) is 6.92 Å². The molecule has 1 amide bonds. The van der Waals surface area contributed by atoms with Gasteiger partial charge in [-0.1, -0.05) is 0 Å². The molecule has 8 atom stereocenters. The van der Waals surface area contributed by atoms with Gasteiger partial charge in [0, 0.05) is 13.3 Å². The Labute approximate surface area is 143 Å². The number of aliphatic hydroxyl groups is 6. The molecule has 0 aliphatic carbocycles. The van der Waals surface area contributed by atoms with Crippen molar-refractivity contribution in [3.05, 3.63) is 0 Å². The number of rotatable bonds is 5. The summed E-state index contributed by atoms with van der Waals surface area (Å²) < 4.78 is 16.0. The van der Waals surface area contributed by atoms with Crippen LogP contribution in [-0.4, -0.2) is 105 Å². The summed E-state index contributed by atoms with van der Waals surface area (Å²) in [5.41, 5.74) is -2.10. The quantitative estimate of drug-likeness (QED) is 0.235. The smallest absolute Gasteiger partial charge is 0.219 e. The number of ether oxygens (including phenoxy) is 3. The second kappa shape index (κ2) is 8.20. The first kappa shape index (κ1) is 20.4. The van der Waals surface area contributed by atoms with Crippen molar-refractivity contribution in [1.29, 1.82) is 0 Å². The van der Waals surface area contributed by atoms with Gasteiger partial charge in [-0.2, -0.15) is 0 Å². The van der Waals surface area contributed by atoms with Gasteiger partial charge in [-0.3, -0.25) is 4.79 Å². The van der Waals surface area contributed by atoms with Gasteiger partial charge in [-0.25, -0.2) is 0 Å². The van der Waals surface area contributed by atoms with Crippen molar-refractivity contribution in [3.63, 3.8) is 0 Å². The van der Waals surface area contributed by atoms with Crippen LogP contribution in [0.25, 0.3) is 0 Å². The third kappa shape index (κ3) is 4.45. The first-order chi connectivity index (χ1) is 11.7. The van der Waals surface area contributed by atoms with Crippen molar-refractivity contribution in [2.75, 3.05) is 19.8 Å². The summed E-state index contributed by atoms with van der Waals surface area (Å²) in [6, 6.07) is 0. The second-order valence-electron chi connectivity index (χ2n) is 6.27. The number of hydrogen-bond donors (Lipinski definition) is 7. The molecule has 0 bridgehead atoms. The first-order valence-electron chi connectivity index (χ1n) is 7.91. The van der Waals surface area contributed by atoms with Gasteiger partial charge >= 0.3 is 0 Å². The highest BCUT2D eigenvalue weighted by Crippen LogP contribution is 2.30. The van der Waals surface area contributed by atoms with Crippen LogP contribution in [0.4, 0.5) is 0 Å². The zero-order chi connectivity index (χ0) is 18.8. The Hall–Kier alpha value is -0.890. The Balaban J connectivity index is 2.17. The number of nitrogens with one attached hydrogen (secondary N) is 1. The normalized spacial score (nSPS) is 45.2. The predicted octanol–water partition coefficient (Wildman–Crippen LogP) is -4.22. The molecule has 0 radical (unpaired) electrons. The van der Waals surface area contributed by atoms with E-state index < -0.39 is 74.4 Å². The lowest BCUT2D eigenvalue weighted by molar-refractivity contribution is -0.328. The van der Waals surface area contributed by atoms with E-state index in [0.29, 0.717) is 0 Å². The highest BCUT2D eigenvalue weighted by molar-refractivity contribution is 5.73. The Kier molecular flexibility index (Phi) is 6.70. The molecule has 11 heteroatoms. The molecular formula is C14H25NO10. The number of carbonyl (C=O) groups excluding carboxylic acids is 1. The molecule has 11 nitrogen and oxygen atoms in total. The van der Waals surface area contributed by atoms with Crippen molar-refractivity contribution < 1.29 is 49.6 Å². The molecule has 0 spiro atoms. The lowest BCUT2D eigenvalue weighted by Crippen LogP contribution is -2.70. The van der Waals surface area contributed by atoms with E-state index in [2.05, 4.69) is 5.32 Å². The van der Waals surface area contributed by atoms with E-state index in [1.807, 2.05) is 0 Å². The molecule has 146 valence electrons. The fourth-order valence-electron chi connectivity index (χ4n) is 2.98. The molecule has 0 aromatic rings. The van der Waals surface area contributed by atoms with Crippen LogP contribution in [0.15, 0.2) is 0 Å². The van der Waals surface area contributed by atoms with Crippen molar-refractivity contribution >= 4 is 5.91 Å². The summed E-state index contributed by atoms with van der Waals surface area (Å²) >= 11 is 0. The maximum atomic E-state index is 11.4. The number of hydrogen-bond acceptors (Lipinski definition) is 10. The largest absolute Gasteiger partial charge is 0.394 e. The molecule has 0 saturated carbocycles. The maximum absolute atomic E-state index is 11.4. The van der Waals surface area contributed by atoms with Gasteiger partial charge in [0.1, 0.15) is 30.5 Å². The summed E-state index contributed by atoms with van der Waals surface area (Å²) in [5.74, 6) is -0.609. The minimum absolute atomic E-state index is 0.193. The van der Waals surface area contributed by atoms with Crippen LogP contribution in [0.2, 0.25) is 0 Å². The topological polar surface area (TPSA) is 178 Å². The number of aliphatic hydroxyl groups excluding tert-OH is 5. The number of carbonyl (C=O) groups is 1. The molecule has 2 aliphatic heterocycles. The monoisotopic (exact) mass is 367 g/mol. The third-order valence-electron chi connectivity index (χ3n) is 4.27. The molecule has 2 heterocycles. The van der Waals surface area contributed by atoms with Crippen LogP contribution in [-0.2, 0) is 19.0 Å². The van der Waals surface area contributed by atoms with Gasteiger partial charge in [-0.05, 0) is 0 Å². The van der Waals surface area contributed by atoms with Crippen molar-refractivity contribution in [3.8, 4) is 0 Å². The Morgan fingerprint density at radius 3 is 2.40 bits per heavy atom. The highest BCUT2D eigenvalue weighted by Gasteiger charge is 2.52. The van der Waals surface area contributed by atoms with Gasteiger partial charge in [-0.15, -0.1) is 0 Å². The second-order valence-corrected chi connectivity index (χ2v) is 6.27. The zero-order valence-corrected chi connectivity index (χ0v) is 13.7. The van der Waals surface area contributed by atoms with Crippen LogP contribution in [0.3, 0.4) is 0 Å². The number of amides is 1. The van der Waals surface area contributed by atoms with Crippen molar-refractivity contribution in [1.82, 2.24) is 5.32 Å². The maximum Gasteiger partial charge on any atom is 0.219 e. The van der Waals surface area contributed by atoms with Crippen LogP contribution in [0, 0.1) is 0 Å². The molecule has 1 unspecified atom stereocenters. The van der Waals surface area contributed by atoms with E-state index in [-0.39, 0.29) is 6.42 Å². The molecule has 2 saturated heterocycles. The summed E-state index contributed by atoms with van der Waals surface area (Å²) in [7, 11) is 0. The molecule has 25 heavy (non-hydrogen) atoms. The molecule has 0 aromatic carbocycles. The molecule has 7 N–H and O–H groups in total. The lowest BCUT2D eigenvalue weighted by atomic mass is 9.94. The van der Waals surface area contributed by atoms with E-state index >= 15 is 0 Å². The predicted molar refractivity (Wildman–Crippen MR) is 78.8 cm³/mol. The van der Waals surface area contributed by atoms with Crippen molar-refractivity contribution in [2.24, 2.45) is 0 Å². The minimum atomic E-state index is -2.10. The Bertz CT molecular complexity index is 465. The average molecular weight is 367 g/mol. The molecule has 2 rings (SSSR count). The van der Waals surface area contributed by atoms with Crippen LogP contribution in [0.1, 0.15) is 13.3 Å². The van der Waals surface area contributed by atoms with Gasteiger partial charge in [0.15, 0.2) is 12.0 Å². The summed E-state index contributed by atoms with van der Waals surface area (Å²) in [6.45, 7) is -0.438. The van der Waals surface area contributed by atoms with Crippen LogP contribution < -0.4 is 5.32 Å². The summed E-state index contributed by atoms with van der Waals surface area (Å²) in [4.78, 5) is 11.4. The van der Waals surface area contributed by atoms with Crippen LogP contribution in [0.5, 0.6) is 0 Å². The zero-order valence-electron chi connectivity index (χ0n) is 13.7. The third-order valence-corrected chi connectivity index (χ3v) is 4.27. The fourth-order valence-corrected chi connectivity index (χ4v) is 2.98. The fraction of sp³-hybridized carbons (Fsp3) is 0.929. The highest BCUT2D eigenvalue weighted by atomic mass is 16.7. The summed E-state index contributed by atoms with van der Waals surface area (Å²) in [6.07, 6.45) is -9.10. The van der Waals surface area contributed by atoms with Gasteiger partial charge in [0.05, 0.1) is 25.9 Å². The van der Waals surface area contributed by atoms with E-state index in [9.17, 15) is 35.4 Å². The van der Waals surface area contributed by atoms with E-state index in [1.165, 1.54) is 0 Å². The minimum Gasteiger partial charge on any atom is -0.394 e.